The molecule has 0 bridgehead atoms. The fraction of sp³-hybridized carbons (Fsp3) is 0.150. The summed E-state index contributed by atoms with van der Waals surface area (Å²) in [4.78, 5) is 11.6. The maximum Gasteiger partial charge on any atom is 0.336 e. The molecular weight excluding hydrogens is 286 g/mol. The first kappa shape index (κ1) is 15.1. The van der Waals surface area contributed by atoms with E-state index in [9.17, 15) is 4.79 Å². The van der Waals surface area contributed by atoms with E-state index in [0.717, 1.165) is 28.6 Å². The number of benzene rings is 2. The van der Waals surface area contributed by atoms with Crippen molar-refractivity contribution in [2.75, 3.05) is 5.32 Å². The van der Waals surface area contributed by atoms with Gasteiger partial charge in [0.25, 0.3) is 0 Å². The summed E-state index contributed by atoms with van der Waals surface area (Å²) in [5.74, 6) is 0. The van der Waals surface area contributed by atoms with Crippen LogP contribution >= 0.6 is 0 Å². The van der Waals surface area contributed by atoms with Crippen LogP contribution in [-0.4, -0.2) is 0 Å². The average molecular weight is 305 g/mol. The van der Waals surface area contributed by atoms with Crippen LogP contribution in [0.5, 0.6) is 0 Å². The lowest BCUT2D eigenvalue weighted by Crippen LogP contribution is -2.03. The molecule has 0 atom stereocenters. The minimum Gasteiger partial charge on any atom is -0.423 e. The highest BCUT2D eigenvalue weighted by Crippen LogP contribution is 2.22. The number of nitrogens with one attached hydrogen (secondary N) is 1. The quantitative estimate of drug-likeness (QED) is 0.700. The smallest absolute Gasteiger partial charge is 0.336 e. The Hall–Kier alpha value is -2.81. The highest BCUT2D eigenvalue weighted by Gasteiger charge is 2.05. The van der Waals surface area contributed by atoms with Crippen LogP contribution in [0.15, 0.2) is 64.3 Å². The van der Waals surface area contributed by atoms with E-state index in [1.54, 1.807) is 6.07 Å². The summed E-state index contributed by atoms with van der Waals surface area (Å²) < 4.78 is 5.33. The van der Waals surface area contributed by atoms with Crippen molar-refractivity contribution < 1.29 is 4.42 Å². The minimum absolute atomic E-state index is 0.302. The molecule has 2 aromatic carbocycles. The first-order chi connectivity index (χ1) is 11.2. The molecule has 3 rings (SSSR count). The number of hydrogen-bond donors (Lipinski definition) is 1. The predicted molar refractivity (Wildman–Crippen MR) is 95.7 cm³/mol. The van der Waals surface area contributed by atoms with E-state index < -0.39 is 0 Å². The van der Waals surface area contributed by atoms with E-state index >= 15 is 0 Å². The van der Waals surface area contributed by atoms with Crippen molar-refractivity contribution in [2.24, 2.45) is 0 Å². The number of fused-ring (bicyclic) bond motifs is 1. The largest absolute Gasteiger partial charge is 0.423 e. The first-order valence-corrected chi connectivity index (χ1v) is 7.72. The van der Waals surface area contributed by atoms with Crippen LogP contribution in [-0.2, 0) is 13.0 Å². The summed E-state index contributed by atoms with van der Waals surface area (Å²) >= 11 is 0. The molecule has 3 heteroatoms. The second-order valence-corrected chi connectivity index (χ2v) is 5.41. The van der Waals surface area contributed by atoms with Gasteiger partial charge < -0.3 is 9.73 Å². The van der Waals surface area contributed by atoms with Gasteiger partial charge in [-0.3, -0.25) is 0 Å². The highest BCUT2D eigenvalue weighted by atomic mass is 16.4. The van der Waals surface area contributed by atoms with Crippen LogP contribution < -0.4 is 10.9 Å². The molecule has 0 fully saturated rings. The van der Waals surface area contributed by atoms with Crippen molar-refractivity contribution in [3.05, 3.63) is 82.2 Å². The fourth-order valence-electron chi connectivity index (χ4n) is 2.72. The SMILES string of the molecule is C=Cc1ccccc1CNc1ccc2c(CC)cc(=O)oc2c1. The van der Waals surface area contributed by atoms with Crippen molar-refractivity contribution >= 4 is 22.7 Å². The van der Waals surface area contributed by atoms with Gasteiger partial charge in [-0.25, -0.2) is 4.79 Å². The topological polar surface area (TPSA) is 42.2 Å². The summed E-state index contributed by atoms with van der Waals surface area (Å²) in [5.41, 5.74) is 4.54. The van der Waals surface area contributed by atoms with Gasteiger partial charge in [0.1, 0.15) is 5.58 Å². The Morgan fingerprint density at radius 1 is 1.13 bits per heavy atom. The zero-order valence-corrected chi connectivity index (χ0v) is 13.1. The first-order valence-electron chi connectivity index (χ1n) is 7.72. The molecule has 0 spiro atoms. The molecule has 116 valence electrons. The lowest BCUT2D eigenvalue weighted by Gasteiger charge is -2.10. The molecule has 0 unspecified atom stereocenters. The van der Waals surface area contributed by atoms with Gasteiger partial charge in [0.15, 0.2) is 0 Å². The van der Waals surface area contributed by atoms with E-state index in [1.165, 1.54) is 5.56 Å². The molecule has 0 amide bonds. The summed E-state index contributed by atoms with van der Waals surface area (Å²) in [6.45, 7) is 6.56. The molecule has 3 aromatic rings. The van der Waals surface area contributed by atoms with Crippen molar-refractivity contribution in [1.82, 2.24) is 0 Å². The second kappa shape index (κ2) is 6.53. The fourth-order valence-corrected chi connectivity index (χ4v) is 2.72. The third kappa shape index (κ3) is 3.19. The summed E-state index contributed by atoms with van der Waals surface area (Å²) in [5, 5.41) is 4.36. The Labute approximate surface area is 135 Å². The Bertz CT molecular complexity index is 909. The number of hydrogen-bond acceptors (Lipinski definition) is 3. The van der Waals surface area contributed by atoms with Crippen LogP contribution in [0.1, 0.15) is 23.6 Å². The number of rotatable bonds is 5. The molecular formula is C20H19NO2. The number of anilines is 1. The van der Waals surface area contributed by atoms with Gasteiger partial charge in [0.05, 0.1) is 0 Å². The normalized spacial score (nSPS) is 10.7. The zero-order valence-electron chi connectivity index (χ0n) is 13.1. The van der Waals surface area contributed by atoms with Gasteiger partial charge >= 0.3 is 5.63 Å². The van der Waals surface area contributed by atoms with Crippen LogP contribution in [0, 0.1) is 0 Å². The predicted octanol–water partition coefficient (Wildman–Crippen LogP) is 4.61. The molecule has 23 heavy (non-hydrogen) atoms. The van der Waals surface area contributed by atoms with Gasteiger partial charge in [-0.05, 0) is 35.2 Å². The molecule has 0 saturated heterocycles. The molecule has 1 heterocycles. The van der Waals surface area contributed by atoms with E-state index in [4.69, 9.17) is 4.42 Å². The van der Waals surface area contributed by atoms with E-state index in [1.807, 2.05) is 49.4 Å². The Kier molecular flexibility index (Phi) is 4.29. The minimum atomic E-state index is -0.302. The van der Waals surface area contributed by atoms with Crippen LogP contribution in [0.4, 0.5) is 5.69 Å². The third-order valence-corrected chi connectivity index (χ3v) is 3.97. The van der Waals surface area contributed by atoms with E-state index in [2.05, 4.69) is 18.0 Å². The second-order valence-electron chi connectivity index (χ2n) is 5.41. The monoisotopic (exact) mass is 305 g/mol. The molecule has 0 aliphatic carbocycles. The summed E-state index contributed by atoms with van der Waals surface area (Å²) in [6, 6.07) is 15.6. The van der Waals surface area contributed by atoms with E-state index in [0.29, 0.717) is 12.1 Å². The van der Waals surface area contributed by atoms with E-state index in [-0.39, 0.29) is 5.63 Å². The van der Waals surface area contributed by atoms with Gasteiger partial charge in [-0.2, -0.15) is 0 Å². The summed E-state index contributed by atoms with van der Waals surface area (Å²) in [6.07, 6.45) is 2.66. The van der Waals surface area contributed by atoms with Crippen LogP contribution in [0.3, 0.4) is 0 Å². The van der Waals surface area contributed by atoms with Crippen LogP contribution in [0.2, 0.25) is 0 Å². The highest BCUT2D eigenvalue weighted by molar-refractivity contribution is 5.83. The molecule has 0 radical (unpaired) electrons. The maximum atomic E-state index is 11.6. The Balaban J connectivity index is 1.89. The lowest BCUT2D eigenvalue weighted by atomic mass is 10.1. The molecule has 1 aromatic heterocycles. The third-order valence-electron chi connectivity index (χ3n) is 3.97. The van der Waals surface area contributed by atoms with Gasteiger partial charge in [-0.1, -0.05) is 43.8 Å². The lowest BCUT2D eigenvalue weighted by molar-refractivity contribution is 0.559. The van der Waals surface area contributed by atoms with Crippen molar-refractivity contribution in [3.63, 3.8) is 0 Å². The maximum absolute atomic E-state index is 11.6. The van der Waals surface area contributed by atoms with Gasteiger partial charge in [0, 0.05) is 29.8 Å². The van der Waals surface area contributed by atoms with Gasteiger partial charge in [-0.15, -0.1) is 0 Å². The number of aryl methyl sites for hydroxylation is 1. The summed E-state index contributed by atoms with van der Waals surface area (Å²) in [7, 11) is 0. The Morgan fingerprint density at radius 2 is 1.96 bits per heavy atom. The zero-order chi connectivity index (χ0) is 16.2. The molecule has 0 saturated carbocycles. The van der Waals surface area contributed by atoms with Crippen molar-refractivity contribution in [3.8, 4) is 0 Å². The molecule has 0 aliphatic rings. The van der Waals surface area contributed by atoms with Gasteiger partial charge in [0.2, 0.25) is 0 Å². The molecule has 0 aliphatic heterocycles. The average Bonchev–Trinajstić information content (AvgIpc) is 2.59. The van der Waals surface area contributed by atoms with Crippen molar-refractivity contribution in [2.45, 2.75) is 19.9 Å². The molecule has 3 nitrogen and oxygen atoms in total. The standard InChI is InChI=1S/C20H19NO2/c1-3-14-7-5-6-8-16(14)13-21-17-9-10-18-15(4-2)11-20(22)23-19(18)12-17/h3,5-12,21H,1,4,13H2,2H3. The van der Waals surface area contributed by atoms with Crippen molar-refractivity contribution in [1.29, 1.82) is 0 Å². The Morgan fingerprint density at radius 3 is 2.74 bits per heavy atom. The molecule has 1 N–H and O–H groups in total. The van der Waals surface area contributed by atoms with Crippen LogP contribution in [0.25, 0.3) is 17.0 Å².